The Balaban J connectivity index is 1.17. The van der Waals surface area contributed by atoms with Crippen molar-refractivity contribution in [1.82, 2.24) is 9.97 Å². The largest absolute Gasteiger partial charge is 0.256 e. The number of aryl methyl sites for hydroxylation is 6. The zero-order chi connectivity index (χ0) is 24.7. The third-order valence-corrected chi connectivity index (χ3v) is 6.70. The molecule has 36 heavy (non-hydrogen) atoms. The zero-order valence-electron chi connectivity index (χ0n) is 21.1. The van der Waals surface area contributed by atoms with Crippen LogP contribution in [0.4, 0.5) is 0 Å². The Morgan fingerprint density at radius 1 is 0.444 bits per heavy atom. The Kier molecular flexibility index (Phi) is 7.33. The van der Waals surface area contributed by atoms with Crippen molar-refractivity contribution < 1.29 is 0 Å². The minimum absolute atomic E-state index is 1.01. The van der Waals surface area contributed by atoms with Crippen LogP contribution in [0, 0.1) is 13.8 Å². The molecular formula is C34H32N2. The molecule has 2 aromatic heterocycles. The summed E-state index contributed by atoms with van der Waals surface area (Å²) in [5.74, 6) is 0. The molecule has 2 nitrogen and oxygen atoms in total. The molecule has 0 unspecified atom stereocenters. The number of pyridine rings is 2. The van der Waals surface area contributed by atoms with E-state index < -0.39 is 0 Å². The van der Waals surface area contributed by atoms with E-state index in [4.69, 9.17) is 0 Å². The number of hydrogen-bond acceptors (Lipinski definition) is 2. The fraction of sp³-hybridized carbons (Fsp3) is 0.176. The van der Waals surface area contributed by atoms with Crippen LogP contribution in [0.1, 0.15) is 33.4 Å². The molecule has 2 heteroatoms. The number of rotatable bonds is 8. The maximum absolute atomic E-state index is 4.59. The summed E-state index contributed by atoms with van der Waals surface area (Å²) in [5, 5.41) is 0. The van der Waals surface area contributed by atoms with Gasteiger partial charge in [-0.1, -0.05) is 71.8 Å². The van der Waals surface area contributed by atoms with E-state index in [1.807, 2.05) is 12.4 Å². The van der Waals surface area contributed by atoms with Crippen LogP contribution in [0.5, 0.6) is 0 Å². The molecule has 0 saturated carbocycles. The monoisotopic (exact) mass is 468 g/mol. The topological polar surface area (TPSA) is 25.8 Å². The highest BCUT2D eigenvalue weighted by Crippen LogP contribution is 2.21. The Bertz CT molecular complexity index is 1340. The predicted octanol–water partition coefficient (Wildman–Crippen LogP) is 8.00. The van der Waals surface area contributed by atoms with Gasteiger partial charge in [0, 0.05) is 23.5 Å². The molecular weight excluding hydrogens is 436 g/mol. The molecule has 5 rings (SSSR count). The van der Waals surface area contributed by atoms with Crippen LogP contribution >= 0.6 is 0 Å². The molecule has 0 aliphatic heterocycles. The van der Waals surface area contributed by atoms with Crippen molar-refractivity contribution in [2.75, 3.05) is 0 Å². The molecule has 0 radical (unpaired) electrons. The van der Waals surface area contributed by atoms with E-state index in [9.17, 15) is 0 Å². The van der Waals surface area contributed by atoms with Gasteiger partial charge in [-0.25, -0.2) is 0 Å². The quantitative estimate of drug-likeness (QED) is 0.231. The molecule has 0 N–H and O–H groups in total. The van der Waals surface area contributed by atoms with E-state index in [1.54, 1.807) is 0 Å². The van der Waals surface area contributed by atoms with E-state index in [0.717, 1.165) is 37.1 Å². The predicted molar refractivity (Wildman–Crippen MR) is 150 cm³/mol. The summed E-state index contributed by atoms with van der Waals surface area (Å²) in [6, 6.07) is 34.9. The van der Waals surface area contributed by atoms with Crippen LogP contribution in [-0.2, 0) is 25.7 Å². The maximum atomic E-state index is 4.59. The first-order valence-corrected chi connectivity index (χ1v) is 12.7. The normalized spacial score (nSPS) is 10.9. The number of aromatic nitrogens is 2. The Morgan fingerprint density at radius 2 is 0.861 bits per heavy atom. The van der Waals surface area contributed by atoms with Gasteiger partial charge in [0.2, 0.25) is 0 Å². The number of benzene rings is 3. The van der Waals surface area contributed by atoms with E-state index in [1.165, 1.54) is 44.5 Å². The summed E-state index contributed by atoms with van der Waals surface area (Å²) >= 11 is 0. The molecule has 3 aromatic carbocycles. The third-order valence-electron chi connectivity index (χ3n) is 6.70. The lowest BCUT2D eigenvalue weighted by Gasteiger charge is -2.08. The molecule has 5 aromatic rings. The fourth-order valence-electron chi connectivity index (χ4n) is 4.63. The van der Waals surface area contributed by atoms with Crippen molar-refractivity contribution in [3.05, 3.63) is 143 Å². The van der Waals surface area contributed by atoms with Gasteiger partial charge in [0.1, 0.15) is 0 Å². The van der Waals surface area contributed by atoms with Crippen LogP contribution in [0.15, 0.2) is 109 Å². The van der Waals surface area contributed by atoms with Crippen molar-refractivity contribution in [2.24, 2.45) is 0 Å². The highest BCUT2D eigenvalue weighted by Gasteiger charge is 2.05. The third kappa shape index (κ3) is 6.14. The number of hydrogen-bond donors (Lipinski definition) is 0. The second kappa shape index (κ2) is 11.1. The van der Waals surface area contributed by atoms with Gasteiger partial charge >= 0.3 is 0 Å². The van der Waals surface area contributed by atoms with Crippen molar-refractivity contribution in [3.63, 3.8) is 0 Å². The summed E-state index contributed by atoms with van der Waals surface area (Å²) in [5.41, 5.74) is 12.4. The van der Waals surface area contributed by atoms with E-state index in [0.29, 0.717) is 0 Å². The second-order valence-electron chi connectivity index (χ2n) is 9.65. The molecule has 0 saturated heterocycles. The van der Waals surface area contributed by atoms with E-state index >= 15 is 0 Å². The van der Waals surface area contributed by atoms with E-state index in [-0.39, 0.29) is 0 Å². The SMILES string of the molecule is Cc1cccc(-c2cc(CCc3ccc(CCc4ccnc(-c5cccc(C)c5)c4)cc3)ccn2)c1. The molecule has 0 amide bonds. The van der Waals surface area contributed by atoms with Crippen LogP contribution < -0.4 is 0 Å². The molecule has 178 valence electrons. The minimum Gasteiger partial charge on any atom is -0.256 e. The van der Waals surface area contributed by atoms with Crippen LogP contribution in [0.2, 0.25) is 0 Å². The maximum Gasteiger partial charge on any atom is 0.0704 e. The summed E-state index contributed by atoms with van der Waals surface area (Å²) in [7, 11) is 0. The lowest BCUT2D eigenvalue weighted by atomic mass is 9.99. The highest BCUT2D eigenvalue weighted by atomic mass is 14.7. The van der Waals surface area contributed by atoms with Crippen molar-refractivity contribution in [2.45, 2.75) is 39.5 Å². The van der Waals surface area contributed by atoms with Gasteiger partial charge in [-0.15, -0.1) is 0 Å². The van der Waals surface area contributed by atoms with Crippen LogP contribution in [0.25, 0.3) is 22.5 Å². The minimum atomic E-state index is 1.01. The summed E-state index contributed by atoms with van der Waals surface area (Å²) in [4.78, 5) is 9.17. The van der Waals surface area contributed by atoms with Gasteiger partial charge < -0.3 is 0 Å². The Hall–Kier alpha value is -4.04. The van der Waals surface area contributed by atoms with Gasteiger partial charge in [0.25, 0.3) is 0 Å². The first-order valence-electron chi connectivity index (χ1n) is 12.7. The van der Waals surface area contributed by atoms with Crippen molar-refractivity contribution >= 4 is 0 Å². The highest BCUT2D eigenvalue weighted by molar-refractivity contribution is 5.61. The van der Waals surface area contributed by atoms with Crippen molar-refractivity contribution in [1.29, 1.82) is 0 Å². The lowest BCUT2D eigenvalue weighted by Crippen LogP contribution is -1.96. The molecule has 0 fully saturated rings. The first kappa shape index (κ1) is 23.7. The first-order chi connectivity index (χ1) is 17.6. The molecule has 0 atom stereocenters. The summed E-state index contributed by atoms with van der Waals surface area (Å²) in [6.07, 6.45) is 7.95. The van der Waals surface area contributed by atoms with Gasteiger partial charge in [0.05, 0.1) is 11.4 Å². The smallest absolute Gasteiger partial charge is 0.0704 e. The second-order valence-corrected chi connectivity index (χ2v) is 9.65. The van der Waals surface area contributed by atoms with Crippen molar-refractivity contribution in [3.8, 4) is 22.5 Å². The van der Waals surface area contributed by atoms with Gasteiger partial charge in [0.15, 0.2) is 0 Å². The van der Waals surface area contributed by atoms with Crippen LogP contribution in [0.3, 0.4) is 0 Å². The molecule has 0 spiro atoms. The number of nitrogens with zero attached hydrogens (tertiary/aromatic N) is 2. The molecule has 2 heterocycles. The van der Waals surface area contributed by atoms with Crippen LogP contribution in [-0.4, -0.2) is 9.97 Å². The zero-order valence-corrected chi connectivity index (χ0v) is 21.1. The lowest BCUT2D eigenvalue weighted by molar-refractivity contribution is 0.936. The van der Waals surface area contributed by atoms with Gasteiger partial charge in [-0.3, -0.25) is 9.97 Å². The summed E-state index contributed by atoms with van der Waals surface area (Å²) < 4.78 is 0. The fourth-order valence-corrected chi connectivity index (χ4v) is 4.63. The Labute approximate surface area is 214 Å². The van der Waals surface area contributed by atoms with Gasteiger partial charge in [-0.05, 0) is 98.2 Å². The van der Waals surface area contributed by atoms with E-state index in [2.05, 4.69) is 121 Å². The molecule has 0 bridgehead atoms. The molecule has 0 aliphatic rings. The van der Waals surface area contributed by atoms with Gasteiger partial charge in [-0.2, -0.15) is 0 Å². The Morgan fingerprint density at radius 3 is 1.28 bits per heavy atom. The average Bonchev–Trinajstić information content (AvgIpc) is 2.92. The molecule has 0 aliphatic carbocycles. The summed E-state index contributed by atoms with van der Waals surface area (Å²) in [6.45, 7) is 4.24. The average molecular weight is 469 g/mol. The standard InChI is InChI=1S/C34H32N2/c1-25-5-3-7-31(21-25)33-23-29(17-19-35-33)15-13-27-9-11-28(12-10-27)14-16-30-18-20-36-34(24-30)32-8-4-6-26(2)22-32/h3-12,17-24H,13-16H2,1-2H3.